The summed E-state index contributed by atoms with van der Waals surface area (Å²) in [6, 6.07) is 14.3. The van der Waals surface area contributed by atoms with Crippen molar-refractivity contribution in [2.24, 2.45) is 0 Å². The van der Waals surface area contributed by atoms with Crippen molar-refractivity contribution in [2.45, 2.75) is 89.3 Å². The van der Waals surface area contributed by atoms with Gasteiger partial charge in [0.15, 0.2) is 11.6 Å². The fourth-order valence-corrected chi connectivity index (χ4v) is 8.36. The number of halogens is 2. The molecule has 0 bridgehead atoms. The molecule has 0 spiro atoms. The van der Waals surface area contributed by atoms with Crippen LogP contribution in [0, 0.1) is 29.9 Å². The molecule has 3 saturated heterocycles. The first kappa shape index (κ1) is 40.8. The van der Waals surface area contributed by atoms with E-state index in [2.05, 4.69) is 20.5 Å². The van der Waals surface area contributed by atoms with E-state index in [0.717, 1.165) is 32.1 Å². The molecule has 12 nitrogen and oxygen atoms in total. The number of hydrogen-bond donors (Lipinski definition) is 2. The Hall–Kier alpha value is -5.39. The first-order chi connectivity index (χ1) is 28.1. The van der Waals surface area contributed by atoms with Crippen molar-refractivity contribution in [3.63, 3.8) is 0 Å². The summed E-state index contributed by atoms with van der Waals surface area (Å²) in [5.74, 6) is -0.869. The van der Waals surface area contributed by atoms with E-state index >= 15 is 4.39 Å². The van der Waals surface area contributed by atoms with Crippen LogP contribution in [0.25, 0.3) is 10.9 Å². The maximum atomic E-state index is 15.3. The van der Waals surface area contributed by atoms with Crippen molar-refractivity contribution in [2.75, 3.05) is 51.3 Å². The van der Waals surface area contributed by atoms with Crippen LogP contribution in [0.4, 0.5) is 14.5 Å². The molecule has 0 saturated carbocycles. The third kappa shape index (κ3) is 9.48. The maximum Gasteiger partial charge on any atom is 0.261 e. The Morgan fingerprint density at radius 2 is 1.81 bits per heavy atom. The summed E-state index contributed by atoms with van der Waals surface area (Å²) < 4.78 is 43.4. The van der Waals surface area contributed by atoms with Crippen molar-refractivity contribution in [1.82, 2.24) is 24.7 Å². The lowest BCUT2D eigenvalue weighted by Gasteiger charge is -2.33. The number of aromatic nitrogens is 2. The number of rotatable bonds is 8. The normalized spacial score (nSPS) is 21.5. The molecule has 4 heterocycles. The smallest absolute Gasteiger partial charge is 0.261 e. The predicted molar refractivity (Wildman–Crippen MR) is 220 cm³/mol. The second-order valence-electron chi connectivity index (χ2n) is 15.8. The Bertz CT molecular complexity index is 2250. The summed E-state index contributed by atoms with van der Waals surface area (Å²) >= 11 is 0. The van der Waals surface area contributed by atoms with Crippen LogP contribution in [0.2, 0.25) is 0 Å². The number of carbonyl (C=O) groups excluding carboxylic acids is 2. The van der Waals surface area contributed by atoms with Crippen LogP contribution in [0.1, 0.15) is 89.8 Å². The molecule has 0 aliphatic carbocycles. The van der Waals surface area contributed by atoms with Gasteiger partial charge in [0.2, 0.25) is 11.8 Å². The molecule has 3 unspecified atom stereocenters. The number of amides is 2. The summed E-state index contributed by atoms with van der Waals surface area (Å²) in [6.07, 6.45) is 7.44. The molecule has 3 atom stereocenters. The molecular formula is C44H55F2N7O5. The third-order valence-electron chi connectivity index (χ3n) is 11.8. The van der Waals surface area contributed by atoms with Gasteiger partial charge in [-0.25, -0.2) is 13.8 Å². The molecule has 2 amide bonds. The number of nitrogens with one attached hydrogen (secondary N) is 2. The molecule has 0 radical (unpaired) electrons. The molecule has 3 aliphatic heterocycles. The van der Waals surface area contributed by atoms with E-state index in [-0.39, 0.29) is 67.2 Å². The zero-order valence-electron chi connectivity index (χ0n) is 33.1. The Morgan fingerprint density at radius 1 is 0.983 bits per heavy atom. The number of anilines is 1. The summed E-state index contributed by atoms with van der Waals surface area (Å²) in [5.41, 5.74) is 2.17. The van der Waals surface area contributed by atoms with Gasteiger partial charge in [-0.1, -0.05) is 12.1 Å². The second kappa shape index (κ2) is 18.5. The standard InChI is InChI=1S/C44H51F2N7O5.2H2/c1-28-6-11-37(45)42(36(28)25-47)58-33-9-13-39-35(24-33)44(56)53(27-48-39)32-5-3-4-17-52(20-22-57-21-16-32)41(54)26-51-18-14-30(15-19-51)34-10-8-31(23-38(34)46)50-40-12-7-29(2)49-43(40)55;;/h6,8-11,13,23-24,27,29-30,32,40,50H,3-5,7,12,14-22,26H2,1-2H3,(H,49,55);2*1H. The minimum atomic E-state index is -0.670. The highest BCUT2D eigenvalue weighted by Crippen LogP contribution is 2.33. The van der Waals surface area contributed by atoms with Crippen LogP contribution in [-0.2, 0) is 14.3 Å². The molecule has 3 fully saturated rings. The maximum absolute atomic E-state index is 15.3. The number of likely N-dealkylation sites (tertiary alicyclic amines) is 1. The Labute approximate surface area is 340 Å². The summed E-state index contributed by atoms with van der Waals surface area (Å²) in [4.78, 5) is 48.3. The number of ether oxygens (including phenoxy) is 2. The first-order valence-corrected chi connectivity index (χ1v) is 20.4. The minimum absolute atomic E-state index is 0. The van der Waals surface area contributed by atoms with E-state index in [1.807, 2.05) is 30.0 Å². The quantitative estimate of drug-likeness (QED) is 0.192. The highest BCUT2D eigenvalue weighted by atomic mass is 19.1. The van der Waals surface area contributed by atoms with Crippen molar-refractivity contribution < 1.29 is 30.7 Å². The highest BCUT2D eigenvalue weighted by Gasteiger charge is 2.28. The zero-order valence-corrected chi connectivity index (χ0v) is 33.1. The number of nitriles is 1. The topological polar surface area (TPSA) is 142 Å². The molecule has 2 N–H and O–H groups in total. The van der Waals surface area contributed by atoms with E-state index in [0.29, 0.717) is 92.9 Å². The summed E-state index contributed by atoms with van der Waals surface area (Å²) in [7, 11) is 0. The zero-order chi connectivity index (χ0) is 40.8. The number of hydrogen-bond acceptors (Lipinski definition) is 9. The molecule has 310 valence electrons. The molecule has 1 aromatic heterocycles. The molecule has 14 heteroatoms. The van der Waals surface area contributed by atoms with Crippen molar-refractivity contribution in [3.05, 3.63) is 93.5 Å². The first-order valence-electron chi connectivity index (χ1n) is 20.4. The van der Waals surface area contributed by atoms with Gasteiger partial charge in [0.05, 0.1) is 30.4 Å². The van der Waals surface area contributed by atoms with Gasteiger partial charge in [0.25, 0.3) is 5.56 Å². The van der Waals surface area contributed by atoms with E-state index in [1.54, 1.807) is 30.0 Å². The monoisotopic (exact) mass is 799 g/mol. The van der Waals surface area contributed by atoms with Crippen molar-refractivity contribution in [1.29, 1.82) is 5.26 Å². The number of piperidine rings is 2. The van der Waals surface area contributed by atoms with Gasteiger partial charge in [-0.15, -0.1) is 0 Å². The van der Waals surface area contributed by atoms with Gasteiger partial charge in [-0.05, 0) is 132 Å². The molecule has 3 aliphatic rings. The summed E-state index contributed by atoms with van der Waals surface area (Å²) in [6.45, 7) is 7.18. The van der Waals surface area contributed by atoms with Crippen LogP contribution in [0.3, 0.4) is 0 Å². The third-order valence-corrected chi connectivity index (χ3v) is 11.8. The lowest BCUT2D eigenvalue weighted by atomic mass is 9.89. The predicted octanol–water partition coefficient (Wildman–Crippen LogP) is 7.06. The number of fused-ring (bicyclic) bond motifs is 1. The van der Waals surface area contributed by atoms with Crippen LogP contribution in [-0.4, -0.2) is 89.2 Å². The number of nitrogens with zero attached hydrogens (tertiary/aromatic N) is 5. The van der Waals surface area contributed by atoms with Gasteiger partial charge in [-0.3, -0.25) is 23.9 Å². The average Bonchev–Trinajstić information content (AvgIpc) is 3.27. The SMILES string of the molecule is Cc1ccc(F)c(Oc2ccc3ncn(C4CCCCN(C(=O)CN5CCC(c6ccc(NC7CCC(C)NC7=O)cc6F)CC5)CCOCC4)c(=O)c3c2)c1C#N.[HH].[HH]. The Balaban J connectivity index is 0.00000341. The second-order valence-corrected chi connectivity index (χ2v) is 15.8. The van der Waals surface area contributed by atoms with Gasteiger partial charge < -0.3 is 25.0 Å². The number of carbonyl (C=O) groups is 2. The summed E-state index contributed by atoms with van der Waals surface area (Å²) in [5, 5.41) is 16.0. The van der Waals surface area contributed by atoms with Crippen LogP contribution < -0.4 is 20.9 Å². The largest absolute Gasteiger partial charge is 0.453 e. The van der Waals surface area contributed by atoms with Crippen molar-refractivity contribution in [3.8, 4) is 17.6 Å². The van der Waals surface area contributed by atoms with E-state index in [1.165, 1.54) is 24.3 Å². The average molecular weight is 800 g/mol. The van der Waals surface area contributed by atoms with Gasteiger partial charge in [0, 0.05) is 40.3 Å². The van der Waals surface area contributed by atoms with Gasteiger partial charge in [-0.2, -0.15) is 5.26 Å². The van der Waals surface area contributed by atoms with E-state index < -0.39 is 5.82 Å². The molecule has 7 rings (SSSR count). The Morgan fingerprint density at radius 3 is 2.59 bits per heavy atom. The van der Waals surface area contributed by atoms with Crippen LogP contribution in [0.15, 0.2) is 59.7 Å². The molecule has 3 aromatic carbocycles. The number of benzene rings is 3. The Kier molecular flexibility index (Phi) is 13.0. The van der Waals surface area contributed by atoms with E-state index in [9.17, 15) is 24.0 Å². The molecule has 58 heavy (non-hydrogen) atoms. The fourth-order valence-electron chi connectivity index (χ4n) is 8.36. The lowest BCUT2D eigenvalue weighted by molar-refractivity contribution is -0.133. The number of aryl methyl sites for hydroxylation is 1. The van der Waals surface area contributed by atoms with Crippen molar-refractivity contribution >= 4 is 28.4 Å². The van der Waals surface area contributed by atoms with Gasteiger partial charge in [0.1, 0.15) is 29.2 Å². The molecular weight excluding hydrogens is 745 g/mol. The van der Waals surface area contributed by atoms with E-state index in [4.69, 9.17) is 9.47 Å². The van der Waals surface area contributed by atoms with Crippen LogP contribution >= 0.6 is 0 Å². The fraction of sp³-hybridized carbons (Fsp3) is 0.477. The minimum Gasteiger partial charge on any atom is -0.453 e. The highest BCUT2D eigenvalue weighted by molar-refractivity contribution is 5.85. The lowest BCUT2D eigenvalue weighted by Crippen LogP contribution is -2.48. The van der Waals surface area contributed by atoms with Crippen LogP contribution in [0.5, 0.6) is 11.5 Å². The molecule has 4 aromatic rings. The van der Waals surface area contributed by atoms with Gasteiger partial charge >= 0.3 is 0 Å².